The topological polar surface area (TPSA) is 64.9 Å². The monoisotopic (exact) mass is 399 g/mol. The maximum atomic E-state index is 12.2. The van der Waals surface area contributed by atoms with Crippen molar-refractivity contribution >= 4 is 29.4 Å². The summed E-state index contributed by atoms with van der Waals surface area (Å²) in [6.45, 7) is 9.80. The summed E-state index contributed by atoms with van der Waals surface area (Å²) in [5.41, 5.74) is 5.83. The molecule has 0 fully saturated rings. The highest BCUT2D eigenvalue weighted by Crippen LogP contribution is 2.44. The van der Waals surface area contributed by atoms with E-state index in [1.165, 1.54) is 17.7 Å². The molecule has 0 aliphatic carbocycles. The van der Waals surface area contributed by atoms with Crippen LogP contribution in [0.1, 0.15) is 61.5 Å². The van der Waals surface area contributed by atoms with Crippen LogP contribution in [-0.2, 0) is 0 Å². The van der Waals surface area contributed by atoms with Gasteiger partial charge in [0.1, 0.15) is 5.75 Å². The number of carbonyl (C=O) groups excluding carboxylic acids is 1. The molecular weight excluding hydrogens is 374 g/mol. The Morgan fingerprint density at radius 3 is 2.79 bits per heavy atom. The number of fused-ring (bicyclic) bond motifs is 1. The maximum Gasteiger partial charge on any atom is 0.275 e. The number of halogens is 1. The largest absolute Gasteiger partial charge is 0.507 e. The molecule has 1 heterocycles. The molecule has 1 amide bonds. The lowest BCUT2D eigenvalue weighted by Gasteiger charge is -2.47. The van der Waals surface area contributed by atoms with Crippen LogP contribution in [0.3, 0.4) is 0 Å². The number of hydrazone groups is 1. The number of hydrogen-bond donors (Lipinski definition) is 2. The Morgan fingerprint density at radius 1 is 1.39 bits per heavy atom. The van der Waals surface area contributed by atoms with Gasteiger partial charge in [-0.05, 0) is 62.9 Å². The zero-order valence-corrected chi connectivity index (χ0v) is 17.4. The molecule has 2 N–H and O–H groups in total. The normalized spacial score (nSPS) is 18.2. The smallest absolute Gasteiger partial charge is 0.275 e. The minimum Gasteiger partial charge on any atom is -0.507 e. The van der Waals surface area contributed by atoms with Crippen molar-refractivity contribution in [2.45, 2.75) is 45.6 Å². The predicted octanol–water partition coefficient (Wildman–Crippen LogP) is 4.92. The summed E-state index contributed by atoms with van der Waals surface area (Å²) in [4.78, 5) is 14.5. The number of phenols is 1. The Balaban J connectivity index is 1.84. The van der Waals surface area contributed by atoms with Crippen LogP contribution in [0, 0.1) is 0 Å². The third kappa shape index (κ3) is 3.85. The minimum absolute atomic E-state index is 0.0752. The highest BCUT2D eigenvalue weighted by atomic mass is 35.5. The zero-order chi connectivity index (χ0) is 20.5. The van der Waals surface area contributed by atoms with Crippen molar-refractivity contribution in [3.63, 3.8) is 0 Å². The molecule has 1 atom stereocenters. The van der Waals surface area contributed by atoms with E-state index in [9.17, 15) is 9.90 Å². The number of carbonyl (C=O) groups is 1. The van der Waals surface area contributed by atoms with Crippen LogP contribution in [0.15, 0.2) is 41.5 Å². The number of nitrogens with one attached hydrogen (secondary N) is 1. The Kier molecular flexibility index (Phi) is 5.66. The lowest BCUT2D eigenvalue weighted by molar-refractivity contribution is 0.0952. The van der Waals surface area contributed by atoms with Crippen molar-refractivity contribution in [2.75, 3.05) is 11.4 Å². The van der Waals surface area contributed by atoms with E-state index < -0.39 is 5.91 Å². The van der Waals surface area contributed by atoms with E-state index in [1.807, 2.05) is 6.07 Å². The number of aromatic hydroxyl groups is 1. The van der Waals surface area contributed by atoms with Gasteiger partial charge in [0.05, 0.1) is 16.8 Å². The van der Waals surface area contributed by atoms with E-state index in [0.29, 0.717) is 10.9 Å². The molecule has 0 saturated heterocycles. The van der Waals surface area contributed by atoms with E-state index in [0.717, 1.165) is 24.2 Å². The first-order valence-electron chi connectivity index (χ1n) is 9.47. The second-order valence-electron chi connectivity index (χ2n) is 7.81. The summed E-state index contributed by atoms with van der Waals surface area (Å²) in [6.07, 6.45) is 2.60. The van der Waals surface area contributed by atoms with Gasteiger partial charge in [-0.1, -0.05) is 30.7 Å². The molecule has 6 heteroatoms. The van der Waals surface area contributed by atoms with Crippen LogP contribution in [0.4, 0.5) is 5.69 Å². The first-order valence-corrected chi connectivity index (χ1v) is 9.85. The number of benzene rings is 2. The number of nitrogens with zero attached hydrogens (tertiary/aromatic N) is 2. The van der Waals surface area contributed by atoms with Gasteiger partial charge < -0.3 is 10.0 Å². The molecule has 1 aliphatic rings. The van der Waals surface area contributed by atoms with E-state index in [2.05, 4.69) is 49.2 Å². The van der Waals surface area contributed by atoms with Crippen LogP contribution in [-0.4, -0.2) is 29.3 Å². The molecule has 148 valence electrons. The van der Waals surface area contributed by atoms with Crippen molar-refractivity contribution in [1.82, 2.24) is 5.43 Å². The molecular formula is C22H26ClN3O2. The van der Waals surface area contributed by atoms with E-state index in [1.54, 1.807) is 18.3 Å². The summed E-state index contributed by atoms with van der Waals surface area (Å²) in [5, 5.41) is 14.4. The Hall–Kier alpha value is -2.53. The van der Waals surface area contributed by atoms with Crippen molar-refractivity contribution in [3.8, 4) is 5.75 Å². The number of hydrogen-bond acceptors (Lipinski definition) is 4. The van der Waals surface area contributed by atoms with Gasteiger partial charge in [-0.2, -0.15) is 5.10 Å². The highest BCUT2D eigenvalue weighted by molar-refractivity contribution is 6.33. The predicted molar refractivity (Wildman–Crippen MR) is 115 cm³/mol. The second-order valence-corrected chi connectivity index (χ2v) is 8.22. The van der Waals surface area contributed by atoms with Crippen LogP contribution >= 0.6 is 11.6 Å². The number of phenolic OH excluding ortho intramolecular Hbond substituents is 1. The average Bonchev–Trinajstić information content (AvgIpc) is 2.62. The molecule has 28 heavy (non-hydrogen) atoms. The average molecular weight is 400 g/mol. The molecule has 0 spiro atoms. The molecule has 1 unspecified atom stereocenters. The second kappa shape index (κ2) is 7.84. The first-order chi connectivity index (χ1) is 13.2. The van der Waals surface area contributed by atoms with Crippen molar-refractivity contribution < 1.29 is 9.90 Å². The Bertz CT molecular complexity index is 924. The van der Waals surface area contributed by atoms with Gasteiger partial charge in [0.15, 0.2) is 0 Å². The van der Waals surface area contributed by atoms with Crippen LogP contribution < -0.4 is 10.3 Å². The summed E-state index contributed by atoms with van der Waals surface area (Å²) in [5.74, 6) is -0.165. The number of rotatable bonds is 4. The molecule has 0 aromatic heterocycles. The van der Waals surface area contributed by atoms with Crippen LogP contribution in [0.2, 0.25) is 5.02 Å². The summed E-state index contributed by atoms with van der Waals surface area (Å²) in [7, 11) is 0. The lowest BCUT2D eigenvalue weighted by Crippen LogP contribution is -2.48. The fourth-order valence-electron chi connectivity index (χ4n) is 4.10. The lowest BCUT2D eigenvalue weighted by atomic mass is 9.79. The number of amides is 1. The molecule has 2 aromatic carbocycles. The summed E-state index contributed by atoms with van der Waals surface area (Å²) >= 11 is 6.51. The van der Waals surface area contributed by atoms with Gasteiger partial charge in [-0.3, -0.25) is 4.79 Å². The highest BCUT2D eigenvalue weighted by Gasteiger charge is 2.35. The third-order valence-corrected chi connectivity index (χ3v) is 5.67. The third-order valence-electron chi connectivity index (χ3n) is 5.34. The van der Waals surface area contributed by atoms with E-state index >= 15 is 0 Å². The van der Waals surface area contributed by atoms with Gasteiger partial charge >= 0.3 is 0 Å². The van der Waals surface area contributed by atoms with Crippen molar-refractivity contribution in [2.24, 2.45) is 5.10 Å². The van der Waals surface area contributed by atoms with Gasteiger partial charge in [0, 0.05) is 23.3 Å². The molecule has 0 radical (unpaired) electrons. The van der Waals surface area contributed by atoms with E-state index in [4.69, 9.17) is 11.6 Å². The zero-order valence-electron chi connectivity index (χ0n) is 16.7. The first kappa shape index (κ1) is 20.2. The Morgan fingerprint density at radius 2 is 2.11 bits per heavy atom. The maximum absolute atomic E-state index is 12.2. The van der Waals surface area contributed by atoms with Crippen molar-refractivity contribution in [3.05, 3.63) is 58.1 Å². The molecule has 1 aliphatic heterocycles. The SMILES string of the molecule is CCN1c2cc(Cl)c(/C=N/NC(=O)c3ccccc3O)cc2C(C)CC1(C)C. The molecule has 0 saturated carbocycles. The van der Waals surface area contributed by atoms with Crippen molar-refractivity contribution in [1.29, 1.82) is 0 Å². The fourth-order valence-corrected chi connectivity index (χ4v) is 4.31. The van der Waals surface area contributed by atoms with Gasteiger partial charge in [0.2, 0.25) is 0 Å². The molecule has 3 rings (SSSR count). The minimum atomic E-state index is -0.476. The number of para-hydroxylation sites is 1. The standard InChI is InChI=1S/C22H26ClN3O2/c1-5-26-19-11-18(23)15(10-17(19)14(2)12-22(26,3)4)13-24-25-21(28)16-8-6-7-9-20(16)27/h6-11,13-14,27H,5,12H2,1-4H3,(H,25,28)/b24-13+. The summed E-state index contributed by atoms with van der Waals surface area (Å²) < 4.78 is 0. The fraction of sp³-hybridized carbons (Fsp3) is 0.364. The quantitative estimate of drug-likeness (QED) is 0.566. The molecule has 2 aromatic rings. The van der Waals surface area contributed by atoms with Gasteiger partial charge in [-0.15, -0.1) is 0 Å². The Labute approximate surface area is 171 Å². The van der Waals surface area contributed by atoms with Crippen LogP contribution in [0.5, 0.6) is 5.75 Å². The summed E-state index contributed by atoms with van der Waals surface area (Å²) in [6, 6.07) is 10.4. The van der Waals surface area contributed by atoms with Gasteiger partial charge in [-0.25, -0.2) is 5.43 Å². The van der Waals surface area contributed by atoms with E-state index in [-0.39, 0.29) is 16.9 Å². The van der Waals surface area contributed by atoms with Gasteiger partial charge in [0.25, 0.3) is 5.91 Å². The van der Waals surface area contributed by atoms with Crippen LogP contribution in [0.25, 0.3) is 0 Å². The number of anilines is 1. The molecule has 0 bridgehead atoms. The molecule has 5 nitrogen and oxygen atoms in total.